The number of para-hydroxylation sites is 1. The highest BCUT2D eigenvalue weighted by Crippen LogP contribution is 2.43. The molecule has 2 aromatic carbocycles. The number of amides is 2. The SMILES string of the molecule is CC(C)COc1ccccc1CN1CCC2(CC1)CCN(C(=O)NC1CC1c1ccccc1)CC2. The second kappa shape index (κ2) is 10.6. The Balaban J connectivity index is 1.06. The van der Waals surface area contributed by atoms with Crippen LogP contribution >= 0.6 is 0 Å². The number of nitrogens with zero attached hydrogens (tertiary/aromatic N) is 2. The zero-order valence-corrected chi connectivity index (χ0v) is 21.4. The maximum atomic E-state index is 12.9. The number of carbonyl (C=O) groups is 1. The van der Waals surface area contributed by atoms with Crippen LogP contribution in [-0.2, 0) is 6.54 Å². The molecule has 2 aliphatic heterocycles. The lowest BCUT2D eigenvalue weighted by Crippen LogP contribution is -2.50. The number of carbonyl (C=O) groups excluding carboxylic acids is 1. The van der Waals surface area contributed by atoms with Crippen molar-refractivity contribution in [2.45, 2.75) is 64.5 Å². The van der Waals surface area contributed by atoms with Gasteiger partial charge in [-0.1, -0.05) is 62.4 Å². The van der Waals surface area contributed by atoms with Gasteiger partial charge in [0.15, 0.2) is 0 Å². The average molecular weight is 476 g/mol. The summed E-state index contributed by atoms with van der Waals surface area (Å²) in [6.07, 6.45) is 5.80. The van der Waals surface area contributed by atoms with E-state index in [0.29, 0.717) is 23.3 Å². The lowest BCUT2D eigenvalue weighted by atomic mass is 9.71. The summed E-state index contributed by atoms with van der Waals surface area (Å²) in [5.41, 5.74) is 3.05. The number of ether oxygens (including phenoxy) is 1. The molecule has 0 radical (unpaired) electrons. The predicted octanol–water partition coefficient (Wildman–Crippen LogP) is 5.67. The summed E-state index contributed by atoms with van der Waals surface area (Å²) in [5, 5.41) is 3.29. The van der Waals surface area contributed by atoms with Crippen molar-refractivity contribution in [2.24, 2.45) is 11.3 Å². The van der Waals surface area contributed by atoms with Gasteiger partial charge in [0, 0.05) is 37.2 Å². The van der Waals surface area contributed by atoms with Gasteiger partial charge in [0.2, 0.25) is 0 Å². The van der Waals surface area contributed by atoms with Crippen LogP contribution in [0, 0.1) is 11.3 Å². The first-order chi connectivity index (χ1) is 17.0. The van der Waals surface area contributed by atoms with E-state index in [1.165, 1.54) is 24.0 Å². The molecule has 2 unspecified atom stereocenters. The molecule has 1 aliphatic carbocycles. The zero-order valence-electron chi connectivity index (χ0n) is 21.4. The van der Waals surface area contributed by atoms with Crippen LogP contribution in [-0.4, -0.2) is 54.7 Å². The van der Waals surface area contributed by atoms with Crippen molar-refractivity contribution in [3.63, 3.8) is 0 Å². The van der Waals surface area contributed by atoms with Crippen molar-refractivity contribution in [3.05, 3.63) is 65.7 Å². The molecular formula is C30H41N3O2. The molecule has 3 aliphatic rings. The average Bonchev–Trinajstić information content (AvgIpc) is 3.65. The maximum Gasteiger partial charge on any atom is 0.317 e. The molecule has 1 saturated carbocycles. The fraction of sp³-hybridized carbons (Fsp3) is 0.567. The van der Waals surface area contributed by atoms with E-state index >= 15 is 0 Å². The Labute approximate surface area is 210 Å². The van der Waals surface area contributed by atoms with Gasteiger partial charge in [-0.05, 0) is 68.2 Å². The molecule has 0 aromatic heterocycles. The minimum absolute atomic E-state index is 0.138. The van der Waals surface area contributed by atoms with Gasteiger partial charge in [-0.15, -0.1) is 0 Å². The van der Waals surface area contributed by atoms with E-state index in [1.54, 1.807) is 0 Å². The van der Waals surface area contributed by atoms with E-state index in [4.69, 9.17) is 4.74 Å². The third kappa shape index (κ3) is 6.00. The van der Waals surface area contributed by atoms with E-state index in [1.807, 2.05) is 0 Å². The molecule has 1 N–H and O–H groups in total. The van der Waals surface area contributed by atoms with Gasteiger partial charge in [-0.2, -0.15) is 0 Å². The summed E-state index contributed by atoms with van der Waals surface area (Å²) in [6, 6.07) is 19.5. The number of rotatable bonds is 7. The summed E-state index contributed by atoms with van der Waals surface area (Å²) >= 11 is 0. The molecule has 2 atom stereocenters. The first-order valence-electron chi connectivity index (χ1n) is 13.5. The van der Waals surface area contributed by atoms with Crippen LogP contribution < -0.4 is 10.1 Å². The Kier molecular flexibility index (Phi) is 7.33. The number of piperidine rings is 2. The number of likely N-dealkylation sites (tertiary alicyclic amines) is 2. The number of hydrogen-bond donors (Lipinski definition) is 1. The lowest BCUT2D eigenvalue weighted by molar-refractivity contribution is 0.0420. The highest BCUT2D eigenvalue weighted by molar-refractivity contribution is 5.75. The Morgan fingerprint density at radius 2 is 1.63 bits per heavy atom. The van der Waals surface area contributed by atoms with Crippen LogP contribution in [0.4, 0.5) is 4.79 Å². The topological polar surface area (TPSA) is 44.8 Å². The van der Waals surface area contributed by atoms with Crippen molar-refractivity contribution in [1.82, 2.24) is 15.1 Å². The maximum absolute atomic E-state index is 12.9. The Morgan fingerprint density at radius 1 is 0.971 bits per heavy atom. The molecule has 2 amide bonds. The van der Waals surface area contributed by atoms with E-state index in [9.17, 15) is 4.79 Å². The molecular weight excluding hydrogens is 434 g/mol. The fourth-order valence-electron chi connectivity index (χ4n) is 5.82. The second-order valence-electron chi connectivity index (χ2n) is 11.4. The Morgan fingerprint density at radius 3 is 2.34 bits per heavy atom. The molecule has 0 bridgehead atoms. The minimum atomic E-state index is 0.138. The molecule has 35 heavy (non-hydrogen) atoms. The Bertz CT molecular complexity index is 974. The highest BCUT2D eigenvalue weighted by Gasteiger charge is 2.42. The van der Waals surface area contributed by atoms with Gasteiger partial charge >= 0.3 is 6.03 Å². The first kappa shape index (κ1) is 24.2. The van der Waals surface area contributed by atoms with Gasteiger partial charge in [-0.25, -0.2) is 4.79 Å². The van der Waals surface area contributed by atoms with Gasteiger partial charge < -0.3 is 15.0 Å². The predicted molar refractivity (Wildman–Crippen MR) is 141 cm³/mol. The monoisotopic (exact) mass is 475 g/mol. The number of hydrogen-bond acceptors (Lipinski definition) is 3. The third-order valence-electron chi connectivity index (χ3n) is 8.29. The summed E-state index contributed by atoms with van der Waals surface area (Å²) in [4.78, 5) is 17.5. The quantitative estimate of drug-likeness (QED) is 0.562. The summed E-state index contributed by atoms with van der Waals surface area (Å²) in [6.45, 7) is 10.1. The normalized spacial score (nSPS) is 23.9. The van der Waals surface area contributed by atoms with Crippen molar-refractivity contribution in [3.8, 4) is 5.75 Å². The molecule has 1 spiro atoms. The van der Waals surface area contributed by atoms with Crippen LogP contribution in [0.3, 0.4) is 0 Å². The molecule has 5 rings (SSSR count). The van der Waals surface area contributed by atoms with Crippen molar-refractivity contribution in [1.29, 1.82) is 0 Å². The number of urea groups is 1. The molecule has 2 aromatic rings. The second-order valence-corrected chi connectivity index (χ2v) is 11.4. The van der Waals surface area contributed by atoms with Crippen molar-refractivity contribution >= 4 is 6.03 Å². The van der Waals surface area contributed by atoms with E-state index < -0.39 is 0 Å². The minimum Gasteiger partial charge on any atom is -0.493 e. The van der Waals surface area contributed by atoms with E-state index in [-0.39, 0.29) is 6.03 Å². The van der Waals surface area contributed by atoms with Crippen LogP contribution in [0.5, 0.6) is 5.75 Å². The van der Waals surface area contributed by atoms with Crippen molar-refractivity contribution < 1.29 is 9.53 Å². The largest absolute Gasteiger partial charge is 0.493 e. The summed E-state index contributed by atoms with van der Waals surface area (Å²) < 4.78 is 6.08. The lowest BCUT2D eigenvalue weighted by Gasteiger charge is -2.47. The smallest absolute Gasteiger partial charge is 0.317 e. The van der Waals surface area contributed by atoms with E-state index in [2.05, 4.69) is 83.6 Å². The number of nitrogens with one attached hydrogen (secondary N) is 1. The Hall–Kier alpha value is -2.53. The third-order valence-corrected chi connectivity index (χ3v) is 8.29. The van der Waals surface area contributed by atoms with Gasteiger partial charge in [0.1, 0.15) is 5.75 Å². The van der Waals surface area contributed by atoms with Crippen LogP contribution in [0.1, 0.15) is 63.0 Å². The molecule has 3 fully saturated rings. The van der Waals surface area contributed by atoms with Crippen LogP contribution in [0.2, 0.25) is 0 Å². The first-order valence-corrected chi connectivity index (χ1v) is 13.5. The van der Waals surface area contributed by atoms with Crippen molar-refractivity contribution in [2.75, 3.05) is 32.8 Å². The number of benzene rings is 2. The summed E-state index contributed by atoms with van der Waals surface area (Å²) in [7, 11) is 0. The highest BCUT2D eigenvalue weighted by atomic mass is 16.5. The summed E-state index contributed by atoms with van der Waals surface area (Å²) in [5.74, 6) is 2.05. The standard InChI is InChI=1S/C30H41N3O2/c1-23(2)22-35-28-11-7-6-10-25(28)21-32-16-12-30(13-17-32)14-18-33(19-15-30)29(34)31-27-20-26(27)24-8-4-3-5-9-24/h3-11,23,26-27H,12-22H2,1-2H3,(H,31,34). The fourth-order valence-corrected chi connectivity index (χ4v) is 5.82. The van der Waals surface area contributed by atoms with Gasteiger partial charge in [-0.3, -0.25) is 4.90 Å². The molecule has 5 heteroatoms. The molecule has 188 valence electrons. The van der Waals surface area contributed by atoms with Crippen LogP contribution in [0.15, 0.2) is 54.6 Å². The van der Waals surface area contributed by atoms with E-state index in [0.717, 1.165) is 64.3 Å². The zero-order chi connectivity index (χ0) is 24.3. The van der Waals surface area contributed by atoms with Gasteiger partial charge in [0.05, 0.1) is 6.61 Å². The van der Waals surface area contributed by atoms with Crippen LogP contribution in [0.25, 0.3) is 0 Å². The molecule has 5 nitrogen and oxygen atoms in total. The molecule has 2 heterocycles. The van der Waals surface area contributed by atoms with Gasteiger partial charge in [0.25, 0.3) is 0 Å². The molecule has 2 saturated heterocycles.